The number of fused-ring (bicyclic) bond motifs is 1. The van der Waals surface area contributed by atoms with E-state index >= 15 is 0 Å². The molecule has 0 unspecified atom stereocenters. The van der Waals surface area contributed by atoms with Crippen molar-refractivity contribution in [2.45, 2.75) is 45.6 Å². The first-order chi connectivity index (χ1) is 15.7. The normalized spacial score (nSPS) is 15.0. The van der Waals surface area contributed by atoms with E-state index in [1.807, 2.05) is 46.0 Å². The number of nitrogens with zero attached hydrogens (tertiary/aromatic N) is 4. The predicted octanol–water partition coefficient (Wildman–Crippen LogP) is 4.41. The Bertz CT molecular complexity index is 1140. The molecule has 2 amide bonds. The van der Waals surface area contributed by atoms with Gasteiger partial charge < -0.3 is 19.5 Å². The third-order valence-corrected chi connectivity index (χ3v) is 5.89. The average Bonchev–Trinajstić information content (AvgIpc) is 3.08. The Morgan fingerprint density at radius 1 is 1.18 bits per heavy atom. The van der Waals surface area contributed by atoms with Crippen LogP contribution in [-0.2, 0) is 18.2 Å². The summed E-state index contributed by atoms with van der Waals surface area (Å²) < 4.78 is 7.59. The van der Waals surface area contributed by atoms with Crippen molar-refractivity contribution in [2.24, 2.45) is 13.0 Å². The lowest BCUT2D eigenvalue weighted by atomic mass is 9.93. The van der Waals surface area contributed by atoms with Crippen LogP contribution in [0, 0.1) is 5.92 Å². The molecule has 33 heavy (non-hydrogen) atoms. The maximum Gasteiger partial charge on any atom is 0.410 e. The van der Waals surface area contributed by atoms with E-state index in [2.05, 4.69) is 14.9 Å². The van der Waals surface area contributed by atoms with Crippen molar-refractivity contribution in [3.05, 3.63) is 54.1 Å². The number of aromatic nitrogens is 3. The van der Waals surface area contributed by atoms with Gasteiger partial charge in [-0.05, 0) is 69.9 Å². The van der Waals surface area contributed by atoms with E-state index in [-0.39, 0.29) is 12.0 Å². The van der Waals surface area contributed by atoms with Crippen LogP contribution in [0.25, 0.3) is 11.0 Å². The maximum atomic E-state index is 12.6. The summed E-state index contributed by atoms with van der Waals surface area (Å²) in [5, 5.41) is 2.86. The van der Waals surface area contributed by atoms with Crippen LogP contribution in [0.3, 0.4) is 0 Å². The molecule has 1 aromatic carbocycles. The van der Waals surface area contributed by atoms with Gasteiger partial charge in [-0.15, -0.1) is 0 Å². The Hall–Kier alpha value is -3.42. The van der Waals surface area contributed by atoms with Gasteiger partial charge in [-0.3, -0.25) is 9.78 Å². The van der Waals surface area contributed by atoms with Crippen LogP contribution < -0.4 is 5.32 Å². The van der Waals surface area contributed by atoms with Crippen LogP contribution in [0.4, 0.5) is 10.5 Å². The highest BCUT2D eigenvalue weighted by molar-refractivity contribution is 6.05. The molecule has 1 N–H and O–H groups in total. The number of anilines is 1. The van der Waals surface area contributed by atoms with Gasteiger partial charge in [0.1, 0.15) is 11.4 Å². The molecule has 0 radical (unpaired) electrons. The third-order valence-electron chi connectivity index (χ3n) is 5.89. The molecule has 0 bridgehead atoms. The second-order valence-corrected chi connectivity index (χ2v) is 9.60. The lowest BCUT2D eigenvalue weighted by Gasteiger charge is -2.33. The maximum absolute atomic E-state index is 12.6. The molecule has 8 heteroatoms. The molecular formula is C25H31N5O3. The quantitative estimate of drug-likeness (QED) is 0.637. The number of imidazole rings is 1. The van der Waals surface area contributed by atoms with Gasteiger partial charge in [-0.1, -0.05) is 0 Å². The summed E-state index contributed by atoms with van der Waals surface area (Å²) in [6.45, 7) is 7.05. The average molecular weight is 450 g/mol. The van der Waals surface area contributed by atoms with Gasteiger partial charge in [0.2, 0.25) is 0 Å². The van der Waals surface area contributed by atoms with Gasteiger partial charge in [-0.2, -0.15) is 0 Å². The second-order valence-electron chi connectivity index (χ2n) is 9.60. The van der Waals surface area contributed by atoms with Crippen molar-refractivity contribution in [1.82, 2.24) is 19.4 Å². The minimum absolute atomic E-state index is 0.188. The molecule has 0 atom stereocenters. The number of rotatable bonds is 4. The van der Waals surface area contributed by atoms with Gasteiger partial charge in [-0.25, -0.2) is 9.78 Å². The number of amides is 2. The fourth-order valence-electron chi connectivity index (χ4n) is 4.12. The van der Waals surface area contributed by atoms with Crippen molar-refractivity contribution >= 4 is 28.7 Å². The summed E-state index contributed by atoms with van der Waals surface area (Å²) in [5.41, 5.74) is 2.53. The molecule has 1 saturated heterocycles. The van der Waals surface area contributed by atoms with Crippen LogP contribution >= 0.6 is 0 Å². The molecule has 1 aliphatic heterocycles. The molecule has 1 fully saturated rings. The highest BCUT2D eigenvalue weighted by Gasteiger charge is 2.27. The van der Waals surface area contributed by atoms with Gasteiger partial charge >= 0.3 is 6.09 Å². The van der Waals surface area contributed by atoms with Crippen LogP contribution in [0.5, 0.6) is 0 Å². The molecule has 3 aromatic rings. The topological polar surface area (TPSA) is 89.4 Å². The molecular weight excluding hydrogens is 418 g/mol. The number of carbonyl (C=O) groups excluding carboxylic acids is 2. The number of benzene rings is 1. The zero-order valence-electron chi connectivity index (χ0n) is 19.7. The predicted molar refractivity (Wildman–Crippen MR) is 127 cm³/mol. The lowest BCUT2D eigenvalue weighted by molar-refractivity contribution is 0.0183. The van der Waals surface area contributed by atoms with Crippen molar-refractivity contribution in [2.75, 3.05) is 18.4 Å². The van der Waals surface area contributed by atoms with E-state index in [9.17, 15) is 9.59 Å². The first kappa shape index (κ1) is 22.8. The number of hydrogen-bond donors (Lipinski definition) is 1. The van der Waals surface area contributed by atoms with E-state index in [0.29, 0.717) is 30.3 Å². The van der Waals surface area contributed by atoms with Crippen LogP contribution in [0.15, 0.2) is 42.7 Å². The zero-order valence-corrected chi connectivity index (χ0v) is 19.7. The summed E-state index contributed by atoms with van der Waals surface area (Å²) in [6.07, 6.45) is 5.72. The van der Waals surface area contributed by atoms with Crippen molar-refractivity contribution in [3.63, 3.8) is 0 Å². The highest BCUT2D eigenvalue weighted by Crippen LogP contribution is 2.25. The minimum atomic E-state index is -0.477. The van der Waals surface area contributed by atoms with Crippen molar-refractivity contribution in [3.8, 4) is 0 Å². The SMILES string of the molecule is Cn1c(CC2CCN(C(=O)OC(C)(C)C)CC2)nc2cc(C(=O)Nc3cccnc3)ccc21. The standard InChI is InChI=1S/C25H31N5O3/c1-25(2,3)33-24(32)30-12-9-17(10-13-30)14-22-28-20-15-18(7-8-21(20)29(22)4)23(31)27-19-6-5-11-26-16-19/h5-8,11,15-17H,9-10,12-14H2,1-4H3,(H,27,31). The van der Waals surface area contributed by atoms with Gasteiger partial charge in [0, 0.05) is 38.3 Å². The summed E-state index contributed by atoms with van der Waals surface area (Å²) in [5.74, 6) is 1.25. The Kier molecular flexibility index (Phi) is 6.35. The Balaban J connectivity index is 1.40. The Morgan fingerprint density at radius 3 is 2.61 bits per heavy atom. The highest BCUT2D eigenvalue weighted by atomic mass is 16.6. The van der Waals surface area contributed by atoms with E-state index in [4.69, 9.17) is 9.72 Å². The fourth-order valence-corrected chi connectivity index (χ4v) is 4.12. The molecule has 3 heterocycles. The van der Waals surface area contributed by atoms with Crippen LogP contribution in [0.1, 0.15) is 49.8 Å². The molecule has 4 rings (SSSR count). The Labute approximate surface area is 194 Å². The smallest absolute Gasteiger partial charge is 0.410 e. The molecule has 0 saturated carbocycles. The van der Waals surface area contributed by atoms with Crippen LogP contribution in [0.2, 0.25) is 0 Å². The number of aryl methyl sites for hydroxylation is 1. The van der Waals surface area contributed by atoms with Gasteiger partial charge in [0.05, 0.1) is 22.9 Å². The third kappa shape index (κ3) is 5.50. The summed E-state index contributed by atoms with van der Waals surface area (Å²) in [4.78, 5) is 35.6. The van der Waals surface area contributed by atoms with E-state index in [1.54, 1.807) is 29.4 Å². The molecule has 8 nitrogen and oxygen atoms in total. The number of piperidine rings is 1. The fraction of sp³-hybridized carbons (Fsp3) is 0.440. The number of pyridine rings is 1. The number of ether oxygens (including phenoxy) is 1. The molecule has 0 aliphatic carbocycles. The summed E-state index contributed by atoms with van der Waals surface area (Å²) >= 11 is 0. The van der Waals surface area contributed by atoms with Gasteiger partial charge in [0.15, 0.2) is 0 Å². The monoisotopic (exact) mass is 449 g/mol. The van der Waals surface area contributed by atoms with Crippen molar-refractivity contribution in [1.29, 1.82) is 0 Å². The Morgan fingerprint density at radius 2 is 1.94 bits per heavy atom. The van der Waals surface area contributed by atoms with E-state index in [1.165, 1.54) is 0 Å². The second kappa shape index (κ2) is 9.21. The number of carbonyl (C=O) groups is 2. The number of likely N-dealkylation sites (tertiary alicyclic amines) is 1. The minimum Gasteiger partial charge on any atom is -0.444 e. The van der Waals surface area contributed by atoms with Crippen molar-refractivity contribution < 1.29 is 14.3 Å². The lowest BCUT2D eigenvalue weighted by Crippen LogP contribution is -2.42. The molecule has 2 aromatic heterocycles. The van der Waals surface area contributed by atoms with Crippen LogP contribution in [-0.4, -0.2) is 50.1 Å². The summed E-state index contributed by atoms with van der Waals surface area (Å²) in [6, 6.07) is 9.17. The molecule has 0 spiro atoms. The number of nitrogens with one attached hydrogen (secondary N) is 1. The first-order valence-electron chi connectivity index (χ1n) is 11.3. The van der Waals surface area contributed by atoms with E-state index < -0.39 is 5.60 Å². The largest absolute Gasteiger partial charge is 0.444 e. The van der Waals surface area contributed by atoms with E-state index in [0.717, 1.165) is 36.1 Å². The summed E-state index contributed by atoms with van der Waals surface area (Å²) in [7, 11) is 2.01. The molecule has 174 valence electrons. The number of hydrogen-bond acceptors (Lipinski definition) is 5. The molecule has 1 aliphatic rings. The first-order valence-corrected chi connectivity index (χ1v) is 11.3. The zero-order chi connectivity index (χ0) is 23.6. The van der Waals surface area contributed by atoms with Gasteiger partial charge in [0.25, 0.3) is 5.91 Å².